The van der Waals surface area contributed by atoms with E-state index in [1.165, 1.54) is 28.4 Å². The van der Waals surface area contributed by atoms with E-state index in [-0.39, 0.29) is 54.3 Å². The van der Waals surface area contributed by atoms with Crippen LogP contribution in [0.15, 0.2) is 51.5 Å². The highest BCUT2D eigenvalue weighted by atomic mass is 16.5. The van der Waals surface area contributed by atoms with Crippen molar-refractivity contribution >= 4 is 17.7 Å². The molecule has 1 aliphatic rings. The number of aryl methyl sites for hydroxylation is 1. The number of ether oxygens (including phenoxy) is 1. The number of carbonyl (C=O) groups excluding carboxylic acids is 3. The van der Waals surface area contributed by atoms with Crippen molar-refractivity contribution in [1.82, 2.24) is 4.90 Å². The molecule has 1 aromatic carbocycles. The maximum Gasteiger partial charge on any atom is 0.307 e. The summed E-state index contributed by atoms with van der Waals surface area (Å²) >= 11 is 0. The van der Waals surface area contributed by atoms with E-state index in [0.29, 0.717) is 11.3 Å². The second kappa shape index (κ2) is 10.6. The van der Waals surface area contributed by atoms with E-state index < -0.39 is 11.9 Å². The van der Waals surface area contributed by atoms with Crippen LogP contribution in [0.3, 0.4) is 0 Å². The number of furan rings is 2. The van der Waals surface area contributed by atoms with Crippen molar-refractivity contribution < 1.29 is 28.0 Å². The molecular weight excluding hydrogens is 482 g/mol. The van der Waals surface area contributed by atoms with Crippen LogP contribution < -0.4 is 0 Å². The van der Waals surface area contributed by atoms with Gasteiger partial charge in [0.05, 0.1) is 25.8 Å². The second-order valence-corrected chi connectivity index (χ2v) is 11.3. The zero-order chi connectivity index (χ0) is 27.7. The number of amides is 1. The van der Waals surface area contributed by atoms with Crippen LogP contribution in [0.2, 0.25) is 0 Å². The maximum absolute atomic E-state index is 13.6. The largest absolute Gasteiger partial charge is 0.467 e. The first-order chi connectivity index (χ1) is 17.9. The number of carbonyl (C=O) groups is 3. The Morgan fingerprint density at radius 1 is 0.974 bits per heavy atom. The minimum Gasteiger partial charge on any atom is -0.467 e. The molecule has 2 aromatic heterocycles. The molecule has 1 amide bonds. The third-order valence-corrected chi connectivity index (χ3v) is 7.59. The molecule has 0 saturated heterocycles. The third kappa shape index (κ3) is 5.62. The van der Waals surface area contributed by atoms with Gasteiger partial charge in [0.25, 0.3) is 5.91 Å². The molecule has 4 rings (SSSR count). The quantitative estimate of drug-likeness (QED) is 0.241. The molecule has 0 N–H and O–H groups in total. The zero-order valence-electron chi connectivity index (χ0n) is 23.2. The molecule has 0 aliphatic heterocycles. The molecule has 2 heterocycles. The van der Waals surface area contributed by atoms with E-state index in [9.17, 15) is 14.4 Å². The van der Waals surface area contributed by atoms with Gasteiger partial charge >= 0.3 is 5.97 Å². The van der Waals surface area contributed by atoms with E-state index in [4.69, 9.17) is 13.6 Å². The minimum absolute atomic E-state index is 0.0286. The van der Waals surface area contributed by atoms with E-state index in [1.807, 2.05) is 13.0 Å². The van der Waals surface area contributed by atoms with Gasteiger partial charge in [0.1, 0.15) is 5.76 Å². The van der Waals surface area contributed by atoms with Crippen molar-refractivity contribution in [3.05, 3.63) is 82.2 Å². The lowest BCUT2D eigenvalue weighted by molar-refractivity contribution is -0.143. The summed E-state index contributed by atoms with van der Waals surface area (Å²) in [5.41, 5.74) is 3.95. The molecule has 0 radical (unpaired) electrons. The van der Waals surface area contributed by atoms with Crippen LogP contribution in [0.1, 0.15) is 103 Å². The van der Waals surface area contributed by atoms with Crippen LogP contribution in [0.4, 0.5) is 0 Å². The highest BCUT2D eigenvalue weighted by molar-refractivity contribution is 6.09. The Labute approximate surface area is 224 Å². The summed E-state index contributed by atoms with van der Waals surface area (Å²) in [5, 5.41) is 0. The first-order valence-electron chi connectivity index (χ1n) is 13.2. The highest BCUT2D eigenvalue weighted by Gasteiger charge is 2.38. The predicted octanol–water partition coefficient (Wildman–Crippen LogP) is 6.36. The summed E-state index contributed by atoms with van der Waals surface area (Å²) in [5.74, 6) is -0.384. The van der Waals surface area contributed by atoms with Crippen molar-refractivity contribution in [3.8, 4) is 0 Å². The average Bonchev–Trinajstić information content (AvgIpc) is 3.56. The number of esters is 1. The Balaban J connectivity index is 1.60. The van der Waals surface area contributed by atoms with Crippen molar-refractivity contribution in [3.63, 3.8) is 0 Å². The zero-order valence-corrected chi connectivity index (χ0v) is 23.2. The van der Waals surface area contributed by atoms with Crippen molar-refractivity contribution in [2.75, 3.05) is 13.2 Å². The highest BCUT2D eigenvalue weighted by Crippen LogP contribution is 2.46. The molecule has 0 unspecified atom stereocenters. The predicted molar refractivity (Wildman–Crippen MR) is 143 cm³/mol. The molecule has 7 heteroatoms. The van der Waals surface area contributed by atoms with Crippen molar-refractivity contribution in [2.24, 2.45) is 0 Å². The fourth-order valence-electron chi connectivity index (χ4n) is 5.13. The van der Waals surface area contributed by atoms with E-state index in [2.05, 4.69) is 33.8 Å². The number of hydrogen-bond donors (Lipinski definition) is 0. The molecule has 202 valence electrons. The Morgan fingerprint density at radius 3 is 2.26 bits per heavy atom. The SMILES string of the molecule is CCOC(=O)CCN(Cc1ccco1)C(=O)c1ccc(C(=O)c2cc3c(cc2C)C(C)(C)CCC3(C)C)o1. The minimum atomic E-state index is -0.435. The number of benzene rings is 1. The molecular formula is C31H37NO6. The van der Waals surface area contributed by atoms with Gasteiger partial charge < -0.3 is 18.5 Å². The first-order valence-corrected chi connectivity index (χ1v) is 13.2. The van der Waals surface area contributed by atoms with Crippen LogP contribution >= 0.6 is 0 Å². The number of ketones is 1. The fourth-order valence-corrected chi connectivity index (χ4v) is 5.13. The standard InChI is InChI=1S/C31H37NO6/c1-7-36-27(33)12-15-32(19-21-9-8-16-37-21)29(35)26-11-10-25(38-26)28(34)22-18-24-23(17-20(22)2)30(3,4)13-14-31(24,5)6/h8-11,16-18H,7,12-15,19H2,1-6H3. The van der Waals surface area contributed by atoms with Gasteiger partial charge in [-0.2, -0.15) is 0 Å². The van der Waals surface area contributed by atoms with Crippen molar-refractivity contribution in [2.45, 2.75) is 78.2 Å². The van der Waals surface area contributed by atoms with Crippen LogP contribution in [-0.4, -0.2) is 35.7 Å². The second-order valence-electron chi connectivity index (χ2n) is 11.3. The molecule has 0 fully saturated rings. The molecule has 0 spiro atoms. The fraction of sp³-hybridized carbons (Fsp3) is 0.452. The van der Waals surface area contributed by atoms with Gasteiger partial charge in [-0.05, 0) is 84.5 Å². The number of rotatable bonds is 9. The lowest BCUT2D eigenvalue weighted by atomic mass is 9.62. The molecule has 3 aromatic rings. The first kappa shape index (κ1) is 27.4. The Kier molecular flexibility index (Phi) is 7.68. The van der Waals surface area contributed by atoms with Gasteiger partial charge in [0.2, 0.25) is 5.78 Å². The molecule has 0 bridgehead atoms. The van der Waals surface area contributed by atoms with Crippen LogP contribution in [0.5, 0.6) is 0 Å². The number of hydrogen-bond acceptors (Lipinski definition) is 6. The van der Waals surface area contributed by atoms with Gasteiger partial charge in [-0.15, -0.1) is 0 Å². The Bertz CT molecular complexity index is 1330. The van der Waals surface area contributed by atoms with Crippen LogP contribution in [0, 0.1) is 6.92 Å². The number of fused-ring (bicyclic) bond motifs is 1. The normalized spacial score (nSPS) is 15.5. The average molecular weight is 520 g/mol. The summed E-state index contributed by atoms with van der Waals surface area (Å²) < 4.78 is 16.2. The topological polar surface area (TPSA) is 90.0 Å². The van der Waals surface area contributed by atoms with Crippen LogP contribution in [-0.2, 0) is 26.9 Å². The molecule has 1 aliphatic carbocycles. The van der Waals surface area contributed by atoms with Crippen LogP contribution in [0.25, 0.3) is 0 Å². The summed E-state index contributed by atoms with van der Waals surface area (Å²) in [6.07, 6.45) is 3.69. The molecule has 0 saturated carbocycles. The number of nitrogens with zero attached hydrogens (tertiary/aromatic N) is 1. The van der Waals surface area contributed by atoms with Crippen molar-refractivity contribution in [1.29, 1.82) is 0 Å². The van der Waals surface area contributed by atoms with Gasteiger partial charge in [-0.25, -0.2) is 0 Å². The van der Waals surface area contributed by atoms with Gasteiger partial charge in [0.15, 0.2) is 11.5 Å². The summed E-state index contributed by atoms with van der Waals surface area (Å²) in [6, 6.07) is 10.7. The molecule has 38 heavy (non-hydrogen) atoms. The Hall–Kier alpha value is -3.61. The smallest absolute Gasteiger partial charge is 0.307 e. The summed E-state index contributed by atoms with van der Waals surface area (Å²) in [4.78, 5) is 40.3. The van der Waals surface area contributed by atoms with Gasteiger partial charge in [-0.1, -0.05) is 33.8 Å². The third-order valence-electron chi connectivity index (χ3n) is 7.59. The van der Waals surface area contributed by atoms with E-state index in [1.54, 1.807) is 25.1 Å². The summed E-state index contributed by atoms with van der Waals surface area (Å²) in [6.45, 7) is 13.2. The van der Waals surface area contributed by atoms with Gasteiger partial charge in [-0.3, -0.25) is 14.4 Å². The monoisotopic (exact) mass is 519 g/mol. The lowest BCUT2D eigenvalue weighted by Gasteiger charge is -2.42. The lowest BCUT2D eigenvalue weighted by Crippen LogP contribution is -2.34. The Morgan fingerprint density at radius 2 is 1.63 bits per heavy atom. The van der Waals surface area contributed by atoms with E-state index in [0.717, 1.165) is 18.4 Å². The maximum atomic E-state index is 13.6. The molecule has 7 nitrogen and oxygen atoms in total. The van der Waals surface area contributed by atoms with E-state index >= 15 is 0 Å². The van der Waals surface area contributed by atoms with Gasteiger partial charge in [0, 0.05) is 12.1 Å². The summed E-state index contributed by atoms with van der Waals surface area (Å²) in [7, 11) is 0. The molecule has 0 atom stereocenters.